The lowest BCUT2D eigenvalue weighted by atomic mass is 9.98. The fraction of sp³-hybridized carbons (Fsp3) is 0.450. The van der Waals surface area contributed by atoms with Crippen molar-refractivity contribution in [3.8, 4) is 11.1 Å². The molecule has 1 aromatic heterocycles. The average Bonchev–Trinajstić information content (AvgIpc) is 2.81. The number of primary amides is 1. The van der Waals surface area contributed by atoms with E-state index in [1.807, 2.05) is 21.0 Å². The van der Waals surface area contributed by atoms with Crippen LogP contribution in [0.1, 0.15) is 41.5 Å². The van der Waals surface area contributed by atoms with Crippen molar-refractivity contribution in [3.05, 3.63) is 47.0 Å². The van der Waals surface area contributed by atoms with Crippen LogP contribution in [0.2, 0.25) is 0 Å². The molecule has 0 aliphatic heterocycles. The molecule has 0 saturated carbocycles. The molecule has 25 heavy (non-hydrogen) atoms. The minimum Gasteiger partial charge on any atom is -0.366 e. The fourth-order valence-electron chi connectivity index (χ4n) is 3.37. The third-order valence-corrected chi connectivity index (χ3v) is 4.48. The molecular weight excluding hydrogens is 317 g/mol. The molecule has 1 heterocycles. The first kappa shape index (κ1) is 19.2. The summed E-state index contributed by atoms with van der Waals surface area (Å²) in [6, 6.07) is 6.29. The molecule has 0 bridgehead atoms. The summed E-state index contributed by atoms with van der Waals surface area (Å²) in [5, 5.41) is 0. The molecule has 4 nitrogen and oxygen atoms in total. The Balaban J connectivity index is 2.58. The number of halogens is 1. The molecule has 5 heteroatoms. The molecule has 2 N–H and O–H groups in total. The van der Waals surface area contributed by atoms with Gasteiger partial charge in [-0.2, -0.15) is 0 Å². The zero-order chi connectivity index (χ0) is 18.6. The monoisotopic (exact) mass is 345 g/mol. The molecular formula is C20H28FN3O. The van der Waals surface area contributed by atoms with E-state index >= 15 is 0 Å². The van der Waals surface area contributed by atoms with Crippen molar-refractivity contribution in [2.24, 2.45) is 5.73 Å². The third-order valence-electron chi connectivity index (χ3n) is 4.48. The second-order valence-electron chi connectivity index (χ2n) is 6.71. The second-order valence-corrected chi connectivity index (χ2v) is 6.71. The van der Waals surface area contributed by atoms with Crippen LogP contribution < -0.4 is 5.73 Å². The number of amides is 1. The van der Waals surface area contributed by atoms with Crippen LogP contribution in [0, 0.1) is 12.7 Å². The van der Waals surface area contributed by atoms with E-state index in [2.05, 4.69) is 16.4 Å². The Kier molecular flexibility index (Phi) is 6.37. The lowest BCUT2D eigenvalue weighted by molar-refractivity contribution is 0.1000. The van der Waals surface area contributed by atoms with Gasteiger partial charge in [0.25, 0.3) is 5.91 Å². The number of nitrogens with two attached hydrogens (primary N) is 1. The Morgan fingerprint density at radius 3 is 2.40 bits per heavy atom. The molecule has 0 fully saturated rings. The number of aromatic nitrogens is 1. The number of rotatable bonds is 8. The third kappa shape index (κ3) is 4.28. The summed E-state index contributed by atoms with van der Waals surface area (Å²) >= 11 is 0. The number of carbonyl (C=O) groups is 1. The molecule has 0 unspecified atom stereocenters. The Labute approximate surface area is 149 Å². The maximum Gasteiger partial charge on any atom is 0.251 e. The summed E-state index contributed by atoms with van der Waals surface area (Å²) in [7, 11) is 4.10. The van der Waals surface area contributed by atoms with Crippen molar-refractivity contribution in [1.29, 1.82) is 0 Å². The SMILES string of the molecule is CCCc1c(-c2ccc(F)cc2)c(C(N)=O)c(C)n1CCCN(C)C. The largest absolute Gasteiger partial charge is 0.366 e. The van der Waals surface area contributed by atoms with Gasteiger partial charge in [-0.1, -0.05) is 25.5 Å². The van der Waals surface area contributed by atoms with Crippen LogP contribution >= 0.6 is 0 Å². The zero-order valence-electron chi connectivity index (χ0n) is 15.6. The smallest absolute Gasteiger partial charge is 0.251 e. The summed E-state index contributed by atoms with van der Waals surface area (Å²) in [5.74, 6) is -0.718. The first-order valence-corrected chi connectivity index (χ1v) is 8.79. The maximum atomic E-state index is 13.3. The molecule has 2 aromatic rings. The predicted molar refractivity (Wildman–Crippen MR) is 100 cm³/mol. The molecule has 0 radical (unpaired) electrons. The van der Waals surface area contributed by atoms with Gasteiger partial charge in [-0.3, -0.25) is 4.79 Å². The molecule has 0 atom stereocenters. The van der Waals surface area contributed by atoms with E-state index in [4.69, 9.17) is 5.73 Å². The van der Waals surface area contributed by atoms with Crippen LogP contribution in [0.25, 0.3) is 11.1 Å². The molecule has 2 rings (SSSR count). The standard InChI is InChI=1S/C20H28FN3O/c1-5-7-17-19(15-8-10-16(21)11-9-15)18(20(22)25)14(2)24(17)13-6-12-23(3)4/h8-11H,5-7,12-13H2,1-4H3,(H2,22,25). The minimum atomic E-state index is -0.430. The average molecular weight is 345 g/mol. The molecule has 0 saturated heterocycles. The van der Waals surface area contributed by atoms with Crippen LogP contribution in [0.15, 0.2) is 24.3 Å². The highest BCUT2D eigenvalue weighted by Crippen LogP contribution is 2.34. The highest BCUT2D eigenvalue weighted by Gasteiger charge is 2.24. The van der Waals surface area contributed by atoms with Gasteiger partial charge in [0.15, 0.2) is 0 Å². The highest BCUT2D eigenvalue weighted by atomic mass is 19.1. The van der Waals surface area contributed by atoms with Gasteiger partial charge in [-0.15, -0.1) is 0 Å². The Morgan fingerprint density at radius 1 is 1.24 bits per heavy atom. The molecule has 1 amide bonds. The van der Waals surface area contributed by atoms with E-state index in [0.29, 0.717) is 5.56 Å². The lowest BCUT2D eigenvalue weighted by Crippen LogP contribution is -2.17. The Morgan fingerprint density at radius 2 is 1.88 bits per heavy atom. The van der Waals surface area contributed by atoms with E-state index < -0.39 is 5.91 Å². The van der Waals surface area contributed by atoms with Crippen molar-refractivity contribution in [3.63, 3.8) is 0 Å². The first-order chi connectivity index (χ1) is 11.9. The topological polar surface area (TPSA) is 51.3 Å². The van der Waals surface area contributed by atoms with Crippen LogP contribution in [-0.2, 0) is 13.0 Å². The minimum absolute atomic E-state index is 0.288. The normalized spacial score (nSPS) is 11.3. The van der Waals surface area contributed by atoms with E-state index in [-0.39, 0.29) is 5.82 Å². The summed E-state index contributed by atoms with van der Waals surface area (Å²) < 4.78 is 15.5. The van der Waals surface area contributed by atoms with Gasteiger partial charge >= 0.3 is 0 Å². The van der Waals surface area contributed by atoms with Crippen molar-refractivity contribution in [2.75, 3.05) is 20.6 Å². The quantitative estimate of drug-likeness (QED) is 0.795. The second kappa shape index (κ2) is 8.30. The number of carbonyl (C=O) groups excluding carboxylic acids is 1. The van der Waals surface area contributed by atoms with E-state index in [1.54, 1.807) is 12.1 Å². The van der Waals surface area contributed by atoms with Gasteiger partial charge < -0.3 is 15.2 Å². The van der Waals surface area contributed by atoms with Gasteiger partial charge in [0.1, 0.15) is 5.82 Å². The lowest BCUT2D eigenvalue weighted by Gasteiger charge is -2.15. The van der Waals surface area contributed by atoms with Crippen molar-refractivity contribution in [1.82, 2.24) is 9.47 Å². The predicted octanol–water partition coefficient (Wildman–Crippen LogP) is 3.61. The van der Waals surface area contributed by atoms with Crippen LogP contribution in [0.4, 0.5) is 4.39 Å². The van der Waals surface area contributed by atoms with E-state index in [1.165, 1.54) is 12.1 Å². The molecule has 1 aromatic carbocycles. The summed E-state index contributed by atoms with van der Waals surface area (Å²) in [6.45, 7) is 5.87. The number of nitrogens with zero attached hydrogens (tertiary/aromatic N) is 2. The molecule has 0 aliphatic rings. The van der Waals surface area contributed by atoms with Gasteiger partial charge in [0.2, 0.25) is 0 Å². The Hall–Kier alpha value is -2.14. The van der Waals surface area contributed by atoms with Gasteiger partial charge in [-0.05, 0) is 58.1 Å². The molecule has 136 valence electrons. The van der Waals surface area contributed by atoms with Crippen LogP contribution in [-0.4, -0.2) is 36.0 Å². The van der Waals surface area contributed by atoms with Gasteiger partial charge in [0.05, 0.1) is 5.56 Å². The maximum absolute atomic E-state index is 13.3. The summed E-state index contributed by atoms with van der Waals surface area (Å²) in [4.78, 5) is 14.3. The first-order valence-electron chi connectivity index (χ1n) is 8.79. The van der Waals surface area contributed by atoms with Crippen LogP contribution in [0.3, 0.4) is 0 Å². The van der Waals surface area contributed by atoms with Crippen molar-refractivity contribution in [2.45, 2.75) is 39.7 Å². The van der Waals surface area contributed by atoms with Crippen LogP contribution in [0.5, 0.6) is 0 Å². The van der Waals surface area contributed by atoms with E-state index in [9.17, 15) is 9.18 Å². The summed E-state index contributed by atoms with van der Waals surface area (Å²) in [6.07, 6.45) is 2.80. The number of hydrogen-bond donors (Lipinski definition) is 1. The fourth-order valence-corrected chi connectivity index (χ4v) is 3.37. The molecule has 0 spiro atoms. The van der Waals surface area contributed by atoms with Gasteiger partial charge in [-0.25, -0.2) is 4.39 Å². The van der Waals surface area contributed by atoms with Gasteiger partial charge in [0, 0.05) is 23.5 Å². The Bertz CT molecular complexity index is 732. The number of hydrogen-bond acceptors (Lipinski definition) is 2. The summed E-state index contributed by atoms with van der Waals surface area (Å²) in [5.41, 5.74) is 9.97. The highest BCUT2D eigenvalue weighted by molar-refractivity contribution is 6.02. The number of benzene rings is 1. The van der Waals surface area contributed by atoms with E-state index in [0.717, 1.165) is 54.9 Å². The zero-order valence-corrected chi connectivity index (χ0v) is 15.6. The molecule has 0 aliphatic carbocycles. The van der Waals surface area contributed by atoms with Crippen molar-refractivity contribution < 1.29 is 9.18 Å². The van der Waals surface area contributed by atoms with Crippen molar-refractivity contribution >= 4 is 5.91 Å².